The van der Waals surface area contributed by atoms with Crippen molar-refractivity contribution in [2.75, 3.05) is 10.2 Å². The molecule has 2 aromatic heterocycles. The van der Waals surface area contributed by atoms with Crippen molar-refractivity contribution in [2.45, 2.75) is 6.17 Å². The third kappa shape index (κ3) is 5.65. The van der Waals surface area contributed by atoms with Gasteiger partial charge in [0.15, 0.2) is 5.82 Å². The summed E-state index contributed by atoms with van der Waals surface area (Å²) in [6.07, 6.45) is 8.54. The summed E-state index contributed by atoms with van der Waals surface area (Å²) in [4.78, 5) is 17.7. The van der Waals surface area contributed by atoms with E-state index >= 15 is 0 Å². The fourth-order valence-electron chi connectivity index (χ4n) is 7.40. The van der Waals surface area contributed by atoms with E-state index in [9.17, 15) is 0 Å². The molecule has 2 aliphatic heterocycles. The van der Waals surface area contributed by atoms with Gasteiger partial charge in [0, 0.05) is 33.8 Å². The molecule has 10 rings (SSSR count). The molecule has 1 atom stereocenters. The Morgan fingerprint density at radius 2 is 1.04 bits per heavy atom. The number of para-hydroxylation sites is 1. The van der Waals surface area contributed by atoms with Gasteiger partial charge < -0.3 is 10.2 Å². The van der Waals surface area contributed by atoms with E-state index < -0.39 is 0 Å². The first-order valence-electron chi connectivity index (χ1n) is 17.9. The predicted molar refractivity (Wildman–Crippen MR) is 218 cm³/mol. The maximum absolute atomic E-state index is 5.23. The summed E-state index contributed by atoms with van der Waals surface area (Å²) in [6, 6.07) is 57.1. The van der Waals surface area contributed by atoms with Crippen LogP contribution >= 0.6 is 0 Å². The smallest absolute Gasteiger partial charge is 0.160 e. The average Bonchev–Trinajstić information content (AvgIpc) is 3.64. The summed E-state index contributed by atoms with van der Waals surface area (Å²) in [5.74, 6) is 0.688. The van der Waals surface area contributed by atoms with Gasteiger partial charge >= 0.3 is 0 Å². The van der Waals surface area contributed by atoms with Crippen molar-refractivity contribution in [3.8, 4) is 67.4 Å². The van der Waals surface area contributed by atoms with Gasteiger partial charge in [-0.05, 0) is 58.7 Å². The Labute approximate surface area is 308 Å². The number of rotatable bonds is 6. The number of nitrogens with one attached hydrogen (secondary N) is 1. The molecule has 0 fully saturated rings. The fraction of sp³-hybridized carbons (Fsp3) is 0.0208. The zero-order valence-electron chi connectivity index (χ0n) is 28.8. The molecule has 1 N–H and O–H groups in total. The lowest BCUT2D eigenvalue weighted by Gasteiger charge is -2.23. The number of nitrogens with zero attached hydrogens (tertiary/aromatic N) is 4. The minimum Gasteiger partial charge on any atom is -0.359 e. The zero-order valence-corrected chi connectivity index (χ0v) is 28.8. The first kappa shape index (κ1) is 30.7. The molecule has 0 spiro atoms. The number of hydrogen-bond acceptors (Lipinski definition) is 5. The van der Waals surface area contributed by atoms with E-state index in [-0.39, 0.29) is 6.17 Å². The second-order valence-corrected chi connectivity index (χ2v) is 13.4. The van der Waals surface area contributed by atoms with Crippen LogP contribution in [0.4, 0.5) is 11.4 Å². The Hall–Kier alpha value is -7.11. The van der Waals surface area contributed by atoms with Gasteiger partial charge in [0.05, 0.1) is 34.0 Å². The van der Waals surface area contributed by atoms with Gasteiger partial charge in [-0.2, -0.15) is 0 Å². The highest BCUT2D eigenvalue weighted by molar-refractivity contribution is 6.06. The maximum atomic E-state index is 5.23. The molecule has 6 aromatic carbocycles. The molecule has 2 aliphatic rings. The van der Waals surface area contributed by atoms with Crippen LogP contribution in [0.2, 0.25) is 0 Å². The monoisotopic (exact) mass is 679 g/mol. The molecule has 1 unspecified atom stereocenters. The largest absolute Gasteiger partial charge is 0.359 e. The lowest BCUT2D eigenvalue weighted by Crippen LogP contribution is -2.30. The lowest BCUT2D eigenvalue weighted by molar-refractivity contribution is 0.907. The van der Waals surface area contributed by atoms with Crippen molar-refractivity contribution in [1.29, 1.82) is 0 Å². The standard InChI is InChI=1S/C48H33N5/c1-3-13-32(14-4-1)36-17-11-19-38(29-36)43-31-42(34-15-5-2-6-16-34)50-48(51-43)35-26-24-33(25-27-35)37-18-12-20-39(30-37)45-47-46(40-21-7-8-22-41(40)49-45)52-44-23-9-10-28-53(44)47/h1-31,44,52H. The van der Waals surface area contributed by atoms with E-state index in [0.29, 0.717) is 5.82 Å². The summed E-state index contributed by atoms with van der Waals surface area (Å²) >= 11 is 0. The number of fused-ring (bicyclic) bond motifs is 5. The molecular formula is C48H33N5. The van der Waals surface area contributed by atoms with Gasteiger partial charge in [-0.3, -0.25) is 0 Å². The molecule has 0 bridgehead atoms. The van der Waals surface area contributed by atoms with Gasteiger partial charge in [-0.25, -0.2) is 15.0 Å². The van der Waals surface area contributed by atoms with Crippen molar-refractivity contribution in [3.05, 3.63) is 188 Å². The van der Waals surface area contributed by atoms with Crippen molar-refractivity contribution >= 4 is 22.3 Å². The van der Waals surface area contributed by atoms with Crippen LogP contribution in [0.1, 0.15) is 0 Å². The summed E-state index contributed by atoms with van der Waals surface area (Å²) in [7, 11) is 0. The van der Waals surface area contributed by atoms with Crippen molar-refractivity contribution in [3.63, 3.8) is 0 Å². The normalized spacial score (nSPS) is 14.2. The zero-order chi connectivity index (χ0) is 35.1. The van der Waals surface area contributed by atoms with E-state index in [4.69, 9.17) is 15.0 Å². The third-order valence-electron chi connectivity index (χ3n) is 10.0. The molecule has 53 heavy (non-hydrogen) atoms. The average molecular weight is 680 g/mol. The topological polar surface area (TPSA) is 53.9 Å². The summed E-state index contributed by atoms with van der Waals surface area (Å²) in [5, 5.41) is 4.86. The Balaban J connectivity index is 1.03. The SMILES string of the molecule is C1=CC2Nc3c(c(-c4cccc(-c5ccc(-c6nc(-c7ccccc7)cc(-c7cccc(-c8ccccc8)c7)n6)cc5)c4)nc4ccccc34)N2C=C1. The molecule has 0 saturated carbocycles. The van der Waals surface area contributed by atoms with Gasteiger partial charge in [0.1, 0.15) is 6.17 Å². The Kier molecular flexibility index (Phi) is 7.47. The van der Waals surface area contributed by atoms with Gasteiger partial charge in [-0.1, -0.05) is 146 Å². The minimum atomic E-state index is 0.0630. The van der Waals surface area contributed by atoms with E-state index in [0.717, 1.165) is 78.3 Å². The summed E-state index contributed by atoms with van der Waals surface area (Å²) in [5.41, 5.74) is 14.6. The van der Waals surface area contributed by atoms with Crippen molar-refractivity contribution < 1.29 is 0 Å². The Bertz CT molecular complexity index is 2700. The first-order chi connectivity index (χ1) is 26.2. The van der Waals surface area contributed by atoms with Crippen LogP contribution in [-0.4, -0.2) is 21.1 Å². The van der Waals surface area contributed by atoms with E-state index in [2.05, 4.69) is 174 Å². The quantitative estimate of drug-likeness (QED) is 0.190. The molecule has 4 heterocycles. The molecule has 0 saturated heterocycles. The number of aromatic nitrogens is 3. The predicted octanol–water partition coefficient (Wildman–Crippen LogP) is 11.7. The Morgan fingerprint density at radius 1 is 0.453 bits per heavy atom. The van der Waals surface area contributed by atoms with Crippen LogP contribution < -0.4 is 10.2 Å². The molecule has 0 radical (unpaired) electrons. The highest BCUT2D eigenvalue weighted by Crippen LogP contribution is 2.47. The van der Waals surface area contributed by atoms with Crippen LogP contribution in [0.25, 0.3) is 78.3 Å². The van der Waals surface area contributed by atoms with E-state index in [1.165, 1.54) is 5.56 Å². The van der Waals surface area contributed by atoms with Crippen LogP contribution in [-0.2, 0) is 0 Å². The van der Waals surface area contributed by atoms with Crippen molar-refractivity contribution in [2.24, 2.45) is 0 Å². The molecule has 5 heteroatoms. The third-order valence-corrected chi connectivity index (χ3v) is 10.0. The van der Waals surface area contributed by atoms with Gasteiger partial charge in [0.2, 0.25) is 0 Å². The van der Waals surface area contributed by atoms with E-state index in [1.807, 2.05) is 24.3 Å². The van der Waals surface area contributed by atoms with Crippen LogP contribution in [0.3, 0.4) is 0 Å². The van der Waals surface area contributed by atoms with Gasteiger partial charge in [0.25, 0.3) is 0 Å². The van der Waals surface area contributed by atoms with Crippen LogP contribution in [0, 0.1) is 0 Å². The van der Waals surface area contributed by atoms with Crippen molar-refractivity contribution in [1.82, 2.24) is 15.0 Å². The molecule has 5 nitrogen and oxygen atoms in total. The molecule has 8 aromatic rings. The van der Waals surface area contributed by atoms with Gasteiger partial charge in [-0.15, -0.1) is 0 Å². The van der Waals surface area contributed by atoms with Crippen LogP contribution in [0.15, 0.2) is 188 Å². The number of hydrogen-bond donors (Lipinski definition) is 1. The van der Waals surface area contributed by atoms with E-state index in [1.54, 1.807) is 0 Å². The number of pyridine rings is 1. The first-order valence-corrected chi connectivity index (χ1v) is 17.9. The molecule has 0 amide bonds. The second kappa shape index (κ2) is 12.9. The summed E-state index contributed by atoms with van der Waals surface area (Å²) < 4.78 is 0. The maximum Gasteiger partial charge on any atom is 0.160 e. The number of anilines is 2. The number of allylic oxidation sites excluding steroid dienone is 2. The Morgan fingerprint density at radius 3 is 1.81 bits per heavy atom. The van der Waals surface area contributed by atoms with Crippen LogP contribution in [0.5, 0.6) is 0 Å². The molecule has 0 aliphatic carbocycles. The highest BCUT2D eigenvalue weighted by Gasteiger charge is 2.32. The molecule has 250 valence electrons. The number of benzene rings is 6. The highest BCUT2D eigenvalue weighted by atomic mass is 15.3. The molecular weight excluding hydrogens is 647 g/mol. The minimum absolute atomic E-state index is 0.0630. The lowest BCUT2D eigenvalue weighted by atomic mass is 9.98. The second-order valence-electron chi connectivity index (χ2n) is 13.4. The summed E-state index contributed by atoms with van der Waals surface area (Å²) in [6.45, 7) is 0. The fourth-order valence-corrected chi connectivity index (χ4v) is 7.40.